The molecule has 3 heteroatoms. The summed E-state index contributed by atoms with van der Waals surface area (Å²) in [6, 6.07) is 0. The fourth-order valence-electron chi connectivity index (χ4n) is 0.951. The number of aliphatic hydroxyl groups is 1. The molecular formula is C7H17NO2. The van der Waals surface area contributed by atoms with Crippen molar-refractivity contribution in [3.8, 4) is 0 Å². The third-order valence-corrected chi connectivity index (χ3v) is 1.64. The Morgan fingerprint density at radius 2 is 1.90 bits per heavy atom. The predicted octanol–water partition coefficient (Wildman–Crippen LogP) is 0.641. The standard InChI is InChI=1S/C7H17NO2/c1-4-8(5-2)7(3)10-6-9/h7,9H,4-6H2,1-3H3. The van der Waals surface area contributed by atoms with Gasteiger partial charge in [0.15, 0.2) is 0 Å². The van der Waals surface area contributed by atoms with E-state index >= 15 is 0 Å². The molecule has 0 rings (SSSR count). The summed E-state index contributed by atoms with van der Waals surface area (Å²) in [4.78, 5) is 2.12. The van der Waals surface area contributed by atoms with Crippen molar-refractivity contribution in [3.05, 3.63) is 0 Å². The third kappa shape index (κ3) is 3.15. The number of nitrogens with zero attached hydrogens (tertiary/aromatic N) is 1. The maximum Gasteiger partial charge on any atom is 0.145 e. The number of hydrogen-bond acceptors (Lipinski definition) is 3. The van der Waals surface area contributed by atoms with E-state index in [1.807, 2.05) is 6.92 Å². The van der Waals surface area contributed by atoms with Gasteiger partial charge in [-0.25, -0.2) is 0 Å². The zero-order chi connectivity index (χ0) is 7.98. The summed E-state index contributed by atoms with van der Waals surface area (Å²) in [6.45, 7) is 7.79. The van der Waals surface area contributed by atoms with Gasteiger partial charge < -0.3 is 9.84 Å². The van der Waals surface area contributed by atoms with Crippen LogP contribution in [-0.2, 0) is 4.74 Å². The largest absolute Gasteiger partial charge is 0.371 e. The van der Waals surface area contributed by atoms with Crippen LogP contribution in [0.4, 0.5) is 0 Å². The minimum Gasteiger partial charge on any atom is -0.371 e. The second-order valence-electron chi connectivity index (χ2n) is 2.12. The minimum absolute atomic E-state index is 0.0278. The molecule has 0 fully saturated rings. The number of aliphatic hydroxyl groups excluding tert-OH is 1. The first-order valence-corrected chi connectivity index (χ1v) is 3.72. The molecule has 0 heterocycles. The Labute approximate surface area is 62.6 Å². The molecule has 0 aliphatic rings. The van der Waals surface area contributed by atoms with E-state index in [-0.39, 0.29) is 13.0 Å². The molecule has 0 aromatic heterocycles. The van der Waals surface area contributed by atoms with Gasteiger partial charge in [0.1, 0.15) is 13.0 Å². The molecule has 1 N–H and O–H groups in total. The molecule has 1 atom stereocenters. The maximum absolute atomic E-state index is 8.43. The predicted molar refractivity (Wildman–Crippen MR) is 40.6 cm³/mol. The highest BCUT2D eigenvalue weighted by Gasteiger charge is 2.07. The summed E-state index contributed by atoms with van der Waals surface area (Å²) >= 11 is 0. The molecule has 10 heavy (non-hydrogen) atoms. The van der Waals surface area contributed by atoms with Crippen LogP contribution in [0.15, 0.2) is 0 Å². The zero-order valence-electron chi connectivity index (χ0n) is 7.00. The van der Waals surface area contributed by atoms with Gasteiger partial charge in [0.2, 0.25) is 0 Å². The van der Waals surface area contributed by atoms with Gasteiger partial charge >= 0.3 is 0 Å². The smallest absolute Gasteiger partial charge is 0.145 e. The van der Waals surface area contributed by atoms with Crippen LogP contribution < -0.4 is 0 Å². The van der Waals surface area contributed by atoms with E-state index in [0.29, 0.717) is 0 Å². The molecule has 0 saturated heterocycles. The van der Waals surface area contributed by atoms with E-state index in [1.54, 1.807) is 0 Å². The molecule has 3 nitrogen and oxygen atoms in total. The molecule has 0 amide bonds. The molecular weight excluding hydrogens is 130 g/mol. The number of ether oxygens (including phenoxy) is 1. The number of hydrogen-bond donors (Lipinski definition) is 1. The van der Waals surface area contributed by atoms with Gasteiger partial charge in [-0.2, -0.15) is 0 Å². The Hall–Kier alpha value is -0.120. The summed E-state index contributed by atoms with van der Waals surface area (Å²) < 4.78 is 4.97. The average molecular weight is 147 g/mol. The molecule has 0 spiro atoms. The highest BCUT2D eigenvalue weighted by molar-refractivity contribution is 4.52. The van der Waals surface area contributed by atoms with Crippen LogP contribution in [-0.4, -0.2) is 36.1 Å². The first kappa shape index (κ1) is 9.88. The lowest BCUT2D eigenvalue weighted by Gasteiger charge is -2.25. The van der Waals surface area contributed by atoms with Gasteiger partial charge in [0.25, 0.3) is 0 Å². The van der Waals surface area contributed by atoms with Crippen LogP contribution in [0.2, 0.25) is 0 Å². The van der Waals surface area contributed by atoms with Gasteiger partial charge in [0.05, 0.1) is 0 Å². The molecule has 0 aliphatic heterocycles. The molecule has 0 aromatic carbocycles. The Kier molecular flexibility index (Phi) is 5.58. The lowest BCUT2D eigenvalue weighted by molar-refractivity contribution is -0.107. The van der Waals surface area contributed by atoms with E-state index in [9.17, 15) is 0 Å². The lowest BCUT2D eigenvalue weighted by Crippen LogP contribution is -2.34. The van der Waals surface area contributed by atoms with E-state index < -0.39 is 0 Å². The summed E-state index contributed by atoms with van der Waals surface area (Å²) in [5.74, 6) is 0. The van der Waals surface area contributed by atoms with Crippen molar-refractivity contribution in [2.24, 2.45) is 0 Å². The van der Waals surface area contributed by atoms with Crippen LogP contribution in [0, 0.1) is 0 Å². The molecule has 0 saturated carbocycles. The van der Waals surface area contributed by atoms with Crippen molar-refractivity contribution in [2.75, 3.05) is 19.9 Å². The van der Waals surface area contributed by atoms with E-state index in [0.717, 1.165) is 13.1 Å². The van der Waals surface area contributed by atoms with E-state index in [1.165, 1.54) is 0 Å². The van der Waals surface area contributed by atoms with Crippen molar-refractivity contribution < 1.29 is 9.84 Å². The maximum atomic E-state index is 8.43. The molecule has 0 bridgehead atoms. The molecule has 0 aliphatic carbocycles. The lowest BCUT2D eigenvalue weighted by atomic mass is 10.4. The average Bonchev–Trinajstić information content (AvgIpc) is 1.91. The highest BCUT2D eigenvalue weighted by Crippen LogP contribution is 1.98. The van der Waals surface area contributed by atoms with E-state index in [4.69, 9.17) is 9.84 Å². The Morgan fingerprint density at radius 3 is 2.20 bits per heavy atom. The van der Waals surface area contributed by atoms with Crippen LogP contribution in [0.3, 0.4) is 0 Å². The van der Waals surface area contributed by atoms with Gasteiger partial charge in [-0.05, 0) is 20.0 Å². The van der Waals surface area contributed by atoms with Crippen LogP contribution in [0.25, 0.3) is 0 Å². The van der Waals surface area contributed by atoms with Crippen molar-refractivity contribution >= 4 is 0 Å². The Bertz CT molecular complexity index is 74.0. The SMILES string of the molecule is CCN(CC)C(C)OCO. The topological polar surface area (TPSA) is 32.7 Å². The first-order valence-electron chi connectivity index (χ1n) is 3.72. The molecule has 1 unspecified atom stereocenters. The zero-order valence-corrected chi connectivity index (χ0v) is 7.00. The number of rotatable bonds is 5. The summed E-state index contributed by atoms with van der Waals surface area (Å²) in [7, 11) is 0. The van der Waals surface area contributed by atoms with Gasteiger partial charge in [-0.3, -0.25) is 4.90 Å². The van der Waals surface area contributed by atoms with Gasteiger partial charge in [-0.15, -0.1) is 0 Å². The van der Waals surface area contributed by atoms with Gasteiger partial charge in [-0.1, -0.05) is 13.8 Å². The summed E-state index contributed by atoms with van der Waals surface area (Å²) in [5, 5.41) is 8.43. The molecule has 0 radical (unpaired) electrons. The van der Waals surface area contributed by atoms with E-state index in [2.05, 4.69) is 18.7 Å². The highest BCUT2D eigenvalue weighted by atomic mass is 16.6. The van der Waals surface area contributed by atoms with Crippen molar-refractivity contribution in [1.82, 2.24) is 4.90 Å². The van der Waals surface area contributed by atoms with Crippen LogP contribution in [0.1, 0.15) is 20.8 Å². The fourth-order valence-corrected chi connectivity index (χ4v) is 0.951. The quantitative estimate of drug-likeness (QED) is 0.579. The fraction of sp³-hybridized carbons (Fsp3) is 1.00. The van der Waals surface area contributed by atoms with Crippen LogP contribution in [0.5, 0.6) is 0 Å². The van der Waals surface area contributed by atoms with Crippen molar-refractivity contribution in [1.29, 1.82) is 0 Å². The third-order valence-electron chi connectivity index (χ3n) is 1.64. The van der Waals surface area contributed by atoms with Gasteiger partial charge in [0, 0.05) is 0 Å². The Morgan fingerprint density at radius 1 is 1.40 bits per heavy atom. The minimum atomic E-state index is -0.197. The second kappa shape index (κ2) is 5.65. The van der Waals surface area contributed by atoms with Crippen molar-refractivity contribution in [2.45, 2.75) is 27.0 Å². The van der Waals surface area contributed by atoms with Crippen LogP contribution >= 0.6 is 0 Å². The summed E-state index contributed by atoms with van der Waals surface area (Å²) in [5.41, 5.74) is 0. The Balaban J connectivity index is 3.53. The monoisotopic (exact) mass is 147 g/mol. The molecule has 0 aromatic rings. The molecule has 62 valence electrons. The van der Waals surface area contributed by atoms with Crippen molar-refractivity contribution in [3.63, 3.8) is 0 Å². The summed E-state index contributed by atoms with van der Waals surface area (Å²) in [6.07, 6.45) is 0.0278. The first-order chi connectivity index (χ1) is 4.76. The second-order valence-corrected chi connectivity index (χ2v) is 2.12. The normalized spacial score (nSPS) is 14.1.